The van der Waals surface area contributed by atoms with E-state index in [0.717, 1.165) is 0 Å². The molecule has 1 aliphatic rings. The lowest BCUT2D eigenvalue weighted by molar-refractivity contribution is -0.190. The van der Waals surface area contributed by atoms with E-state index < -0.39 is 58.1 Å². The van der Waals surface area contributed by atoms with Crippen LogP contribution in [0.25, 0.3) is 0 Å². The Kier molecular flexibility index (Phi) is 4.10. The first kappa shape index (κ1) is 15.7. The van der Waals surface area contributed by atoms with Crippen molar-refractivity contribution in [2.75, 3.05) is 18.1 Å². The van der Waals surface area contributed by atoms with Crippen molar-refractivity contribution in [1.82, 2.24) is 4.90 Å². The van der Waals surface area contributed by atoms with Crippen molar-refractivity contribution in [3.05, 3.63) is 0 Å². The SMILES string of the molecule is O=C(O)CN(C(=O)C(F)(F)F)[C@H]1CS(=O)(=O)C[C@H]1O. The quantitative estimate of drug-likeness (QED) is 0.664. The number of hydrogen-bond acceptors (Lipinski definition) is 5. The molecule has 1 rings (SSSR count). The number of alkyl halides is 3. The van der Waals surface area contributed by atoms with Crippen molar-refractivity contribution in [3.8, 4) is 0 Å². The van der Waals surface area contributed by atoms with Gasteiger partial charge in [0.2, 0.25) is 0 Å². The number of nitrogens with zero attached hydrogens (tertiary/aromatic N) is 1. The van der Waals surface area contributed by atoms with Crippen LogP contribution in [0.5, 0.6) is 0 Å². The number of aliphatic hydroxyl groups excluding tert-OH is 1. The maximum absolute atomic E-state index is 12.3. The minimum absolute atomic E-state index is 0.169. The third-order valence-electron chi connectivity index (χ3n) is 2.50. The molecule has 0 aromatic rings. The lowest BCUT2D eigenvalue weighted by Gasteiger charge is -2.29. The average molecular weight is 305 g/mol. The molecule has 11 heteroatoms. The predicted octanol–water partition coefficient (Wildman–Crippen LogP) is -1.38. The van der Waals surface area contributed by atoms with E-state index in [-0.39, 0.29) is 4.90 Å². The minimum Gasteiger partial charge on any atom is -0.480 e. The van der Waals surface area contributed by atoms with Crippen molar-refractivity contribution < 1.29 is 41.4 Å². The Hall–Kier alpha value is -1.36. The fourth-order valence-corrected chi connectivity index (χ4v) is 3.56. The van der Waals surface area contributed by atoms with Gasteiger partial charge in [-0.05, 0) is 0 Å². The zero-order chi connectivity index (χ0) is 15.0. The second-order valence-corrected chi connectivity index (χ2v) is 6.19. The summed E-state index contributed by atoms with van der Waals surface area (Å²) in [5.41, 5.74) is 0. The molecule has 0 aromatic carbocycles. The van der Waals surface area contributed by atoms with Crippen molar-refractivity contribution in [2.24, 2.45) is 0 Å². The van der Waals surface area contributed by atoms with E-state index in [4.69, 9.17) is 5.11 Å². The first-order chi connectivity index (χ1) is 8.44. The summed E-state index contributed by atoms with van der Waals surface area (Å²) < 4.78 is 59.3. The molecule has 0 saturated carbocycles. The molecule has 0 spiro atoms. The van der Waals surface area contributed by atoms with Gasteiger partial charge in [0.15, 0.2) is 9.84 Å². The van der Waals surface area contributed by atoms with Crippen LogP contribution in [0.3, 0.4) is 0 Å². The van der Waals surface area contributed by atoms with Crippen LogP contribution in [0.2, 0.25) is 0 Å². The second kappa shape index (κ2) is 4.96. The Morgan fingerprint density at radius 2 is 1.79 bits per heavy atom. The van der Waals surface area contributed by atoms with Gasteiger partial charge in [-0.15, -0.1) is 0 Å². The molecule has 1 amide bonds. The summed E-state index contributed by atoms with van der Waals surface area (Å²) in [4.78, 5) is 21.4. The van der Waals surface area contributed by atoms with E-state index >= 15 is 0 Å². The number of rotatable bonds is 3. The number of carboxylic acids is 1. The van der Waals surface area contributed by atoms with Gasteiger partial charge in [0.25, 0.3) is 0 Å². The summed E-state index contributed by atoms with van der Waals surface area (Å²) in [6.07, 6.45) is -7.09. The summed E-state index contributed by atoms with van der Waals surface area (Å²) in [6, 6.07) is -1.71. The average Bonchev–Trinajstić information content (AvgIpc) is 2.46. The molecule has 110 valence electrons. The Balaban J connectivity index is 3.05. The number of amides is 1. The highest BCUT2D eigenvalue weighted by atomic mass is 32.2. The van der Waals surface area contributed by atoms with Gasteiger partial charge in [-0.3, -0.25) is 9.59 Å². The highest BCUT2D eigenvalue weighted by Crippen LogP contribution is 2.25. The topological polar surface area (TPSA) is 112 Å². The number of hydrogen-bond donors (Lipinski definition) is 2. The van der Waals surface area contributed by atoms with Crippen LogP contribution in [0.15, 0.2) is 0 Å². The number of carboxylic acid groups (broad SMARTS) is 1. The molecule has 2 atom stereocenters. The van der Waals surface area contributed by atoms with Gasteiger partial charge >= 0.3 is 18.1 Å². The monoisotopic (exact) mass is 305 g/mol. The van der Waals surface area contributed by atoms with E-state index in [9.17, 15) is 36.3 Å². The highest BCUT2D eigenvalue weighted by molar-refractivity contribution is 7.91. The van der Waals surface area contributed by atoms with Crippen LogP contribution in [0.4, 0.5) is 13.2 Å². The molecule has 0 bridgehead atoms. The minimum atomic E-state index is -5.35. The zero-order valence-electron chi connectivity index (χ0n) is 9.29. The van der Waals surface area contributed by atoms with Gasteiger partial charge in [0.1, 0.15) is 6.54 Å². The second-order valence-electron chi connectivity index (χ2n) is 4.04. The van der Waals surface area contributed by atoms with Crippen molar-refractivity contribution in [3.63, 3.8) is 0 Å². The molecule has 1 aliphatic heterocycles. The standard InChI is InChI=1S/C8H10F3NO6S/c9-8(10,11)7(16)12(1-6(14)15)4-2-19(17,18)3-5(4)13/h4-5,13H,1-3H2,(H,14,15)/t4-,5+/m0/s1. The molecule has 1 heterocycles. The number of halogens is 3. The van der Waals surface area contributed by atoms with Crippen LogP contribution in [-0.4, -0.2) is 71.8 Å². The molecule has 2 N–H and O–H groups in total. The van der Waals surface area contributed by atoms with Gasteiger partial charge in [-0.2, -0.15) is 13.2 Å². The van der Waals surface area contributed by atoms with Gasteiger partial charge in [0, 0.05) is 0 Å². The third-order valence-corrected chi connectivity index (χ3v) is 4.20. The van der Waals surface area contributed by atoms with Crippen LogP contribution >= 0.6 is 0 Å². The summed E-state index contributed by atoms with van der Waals surface area (Å²) in [7, 11) is -3.81. The molecule has 19 heavy (non-hydrogen) atoms. The third kappa shape index (κ3) is 3.80. The Morgan fingerprint density at radius 3 is 2.11 bits per heavy atom. The van der Waals surface area contributed by atoms with Crippen molar-refractivity contribution >= 4 is 21.7 Å². The number of sulfone groups is 1. The van der Waals surface area contributed by atoms with Gasteiger partial charge in [-0.25, -0.2) is 8.42 Å². The van der Waals surface area contributed by atoms with Crippen LogP contribution < -0.4 is 0 Å². The first-order valence-corrected chi connectivity index (χ1v) is 6.74. The number of aliphatic hydroxyl groups is 1. The molecule has 7 nitrogen and oxygen atoms in total. The highest BCUT2D eigenvalue weighted by Gasteiger charge is 2.50. The van der Waals surface area contributed by atoms with E-state index in [1.54, 1.807) is 0 Å². The molecule has 0 aromatic heterocycles. The van der Waals surface area contributed by atoms with Gasteiger partial charge < -0.3 is 15.1 Å². The van der Waals surface area contributed by atoms with E-state index in [1.807, 2.05) is 0 Å². The lowest BCUT2D eigenvalue weighted by Crippen LogP contribution is -2.53. The normalized spacial score (nSPS) is 26.1. The molecule has 1 saturated heterocycles. The Labute approximate surface area is 105 Å². The Bertz CT molecular complexity index is 487. The molecular formula is C8H10F3NO6S. The molecule has 0 radical (unpaired) electrons. The summed E-state index contributed by atoms with van der Waals surface area (Å²) >= 11 is 0. The summed E-state index contributed by atoms with van der Waals surface area (Å²) in [6.45, 7) is -1.34. The molecule has 0 aliphatic carbocycles. The van der Waals surface area contributed by atoms with Crippen LogP contribution in [0.1, 0.15) is 0 Å². The fourth-order valence-electron chi connectivity index (χ4n) is 1.76. The van der Waals surface area contributed by atoms with E-state index in [0.29, 0.717) is 0 Å². The van der Waals surface area contributed by atoms with Gasteiger partial charge in [-0.1, -0.05) is 0 Å². The zero-order valence-corrected chi connectivity index (χ0v) is 10.1. The summed E-state index contributed by atoms with van der Waals surface area (Å²) in [5.74, 6) is -5.94. The molecule has 0 unspecified atom stereocenters. The van der Waals surface area contributed by atoms with Crippen molar-refractivity contribution in [2.45, 2.75) is 18.3 Å². The maximum atomic E-state index is 12.3. The smallest absolute Gasteiger partial charge is 0.471 e. The first-order valence-electron chi connectivity index (χ1n) is 4.92. The van der Waals surface area contributed by atoms with E-state index in [2.05, 4.69) is 0 Å². The number of aliphatic carboxylic acids is 1. The predicted molar refractivity (Wildman–Crippen MR) is 53.9 cm³/mol. The Morgan fingerprint density at radius 1 is 1.26 bits per heavy atom. The molecule has 1 fully saturated rings. The number of carbonyl (C=O) groups excluding carboxylic acids is 1. The summed E-state index contributed by atoms with van der Waals surface area (Å²) in [5, 5.41) is 17.9. The van der Waals surface area contributed by atoms with E-state index in [1.165, 1.54) is 0 Å². The van der Waals surface area contributed by atoms with Crippen molar-refractivity contribution in [1.29, 1.82) is 0 Å². The lowest BCUT2D eigenvalue weighted by atomic mass is 10.1. The van der Waals surface area contributed by atoms with Gasteiger partial charge in [0.05, 0.1) is 23.7 Å². The fraction of sp³-hybridized carbons (Fsp3) is 0.750. The van der Waals surface area contributed by atoms with Crippen LogP contribution in [0, 0.1) is 0 Å². The number of carbonyl (C=O) groups is 2. The maximum Gasteiger partial charge on any atom is 0.471 e. The molecular weight excluding hydrogens is 295 g/mol. The largest absolute Gasteiger partial charge is 0.480 e. The van der Waals surface area contributed by atoms with Crippen LogP contribution in [-0.2, 0) is 19.4 Å².